The quantitative estimate of drug-likeness (QED) is 0.793. The number of aromatic nitrogens is 4. The van der Waals surface area contributed by atoms with Gasteiger partial charge in [-0.15, -0.1) is 0 Å². The van der Waals surface area contributed by atoms with Crippen molar-refractivity contribution in [3.63, 3.8) is 0 Å². The number of nitriles is 1. The summed E-state index contributed by atoms with van der Waals surface area (Å²) in [5.41, 5.74) is 0.866. The highest BCUT2D eigenvalue weighted by atomic mass is 32.1. The van der Waals surface area contributed by atoms with Crippen molar-refractivity contribution in [1.82, 2.24) is 19.9 Å². The van der Waals surface area contributed by atoms with Gasteiger partial charge in [0.1, 0.15) is 28.7 Å². The van der Waals surface area contributed by atoms with Gasteiger partial charge in [0, 0.05) is 26.3 Å². The van der Waals surface area contributed by atoms with E-state index in [0.29, 0.717) is 10.9 Å². The fourth-order valence-corrected chi connectivity index (χ4v) is 3.74. The van der Waals surface area contributed by atoms with Gasteiger partial charge in [0.05, 0.1) is 17.6 Å². The predicted molar refractivity (Wildman–Crippen MR) is 89.7 cm³/mol. The second-order valence-corrected chi connectivity index (χ2v) is 6.56. The average molecular weight is 325 g/mol. The van der Waals surface area contributed by atoms with E-state index in [9.17, 15) is 0 Å². The summed E-state index contributed by atoms with van der Waals surface area (Å²) in [6.07, 6.45) is 6.16. The van der Waals surface area contributed by atoms with Crippen molar-refractivity contribution in [1.29, 1.82) is 5.26 Å². The van der Waals surface area contributed by atoms with E-state index in [-0.39, 0.29) is 0 Å². The van der Waals surface area contributed by atoms with Gasteiger partial charge in [-0.05, 0) is 12.5 Å². The van der Waals surface area contributed by atoms with E-state index < -0.39 is 0 Å². The molecule has 1 fully saturated rings. The molecule has 0 amide bonds. The highest BCUT2D eigenvalue weighted by Gasteiger charge is 2.29. The lowest BCUT2D eigenvalue weighted by atomic mass is 10.2. The van der Waals surface area contributed by atoms with Crippen LogP contribution in [0.5, 0.6) is 0 Å². The molecule has 1 aliphatic heterocycles. The highest BCUT2D eigenvalue weighted by molar-refractivity contribution is 7.16. The maximum atomic E-state index is 8.95. The van der Waals surface area contributed by atoms with Gasteiger partial charge in [-0.25, -0.2) is 15.0 Å². The Morgan fingerprint density at radius 2 is 2.35 bits per heavy atom. The predicted octanol–water partition coefficient (Wildman–Crippen LogP) is 2.00. The second-order valence-electron chi connectivity index (χ2n) is 5.56. The van der Waals surface area contributed by atoms with Crippen molar-refractivity contribution in [3.8, 4) is 6.07 Å². The van der Waals surface area contributed by atoms with E-state index >= 15 is 0 Å². The molecule has 3 aromatic heterocycles. The molecule has 4 heterocycles. The van der Waals surface area contributed by atoms with Crippen LogP contribution in [0.3, 0.4) is 0 Å². The first kappa shape index (κ1) is 14.0. The fraction of sp³-hybridized carbons (Fsp3) is 0.333. The Morgan fingerprint density at radius 1 is 1.43 bits per heavy atom. The van der Waals surface area contributed by atoms with Gasteiger partial charge in [0.2, 0.25) is 0 Å². The van der Waals surface area contributed by atoms with E-state index in [1.165, 1.54) is 11.3 Å². The number of fused-ring (bicyclic) bond motifs is 1. The Labute approximate surface area is 137 Å². The normalized spacial score (nSPS) is 17.6. The van der Waals surface area contributed by atoms with Crippen LogP contribution in [0, 0.1) is 11.3 Å². The van der Waals surface area contributed by atoms with Crippen LogP contribution in [0.15, 0.2) is 24.8 Å². The molecule has 1 N–H and O–H groups in total. The zero-order valence-electron chi connectivity index (χ0n) is 12.6. The topological polar surface area (TPSA) is 84.7 Å². The molecule has 8 heteroatoms. The second kappa shape index (κ2) is 5.52. The average Bonchev–Trinajstić information content (AvgIpc) is 3.32. The Morgan fingerprint density at radius 3 is 3.17 bits per heavy atom. The lowest BCUT2D eigenvalue weighted by Gasteiger charge is -2.24. The van der Waals surface area contributed by atoms with Crippen LogP contribution >= 0.6 is 11.3 Å². The molecule has 0 bridgehead atoms. The monoisotopic (exact) mass is 325 g/mol. The first-order chi connectivity index (χ1) is 11.3. The zero-order chi connectivity index (χ0) is 15.8. The van der Waals surface area contributed by atoms with E-state index in [1.54, 1.807) is 12.5 Å². The minimum atomic E-state index is 0.358. The summed E-state index contributed by atoms with van der Waals surface area (Å²) >= 11 is 1.43. The number of hydrogen-bond acceptors (Lipinski definition) is 7. The van der Waals surface area contributed by atoms with E-state index in [4.69, 9.17) is 5.26 Å². The van der Waals surface area contributed by atoms with Gasteiger partial charge in [-0.3, -0.25) is 0 Å². The van der Waals surface area contributed by atoms with Crippen LogP contribution < -0.4 is 9.80 Å². The zero-order valence-corrected chi connectivity index (χ0v) is 13.4. The van der Waals surface area contributed by atoms with Crippen LogP contribution in [0.4, 0.5) is 10.9 Å². The third-order valence-electron chi connectivity index (χ3n) is 4.25. The van der Waals surface area contributed by atoms with Crippen molar-refractivity contribution in [2.75, 3.05) is 29.9 Å². The maximum Gasteiger partial charge on any atom is 0.186 e. The third-order valence-corrected chi connectivity index (χ3v) is 5.24. The minimum absolute atomic E-state index is 0.358. The van der Waals surface area contributed by atoms with Crippen LogP contribution in [-0.4, -0.2) is 46.1 Å². The van der Waals surface area contributed by atoms with E-state index in [0.717, 1.165) is 41.5 Å². The number of hydrogen-bond donors (Lipinski definition) is 1. The Bertz CT molecular complexity index is 877. The third kappa shape index (κ3) is 2.39. The van der Waals surface area contributed by atoms with Gasteiger partial charge < -0.3 is 14.8 Å². The summed E-state index contributed by atoms with van der Waals surface area (Å²) in [5, 5.41) is 10.9. The molecule has 7 nitrogen and oxygen atoms in total. The number of likely N-dealkylation sites (N-methyl/N-ethyl adjacent to an activating group) is 1. The van der Waals surface area contributed by atoms with Crippen molar-refractivity contribution >= 4 is 33.3 Å². The van der Waals surface area contributed by atoms with Crippen molar-refractivity contribution in [3.05, 3.63) is 29.7 Å². The highest BCUT2D eigenvalue weighted by Crippen LogP contribution is 2.29. The van der Waals surface area contributed by atoms with Crippen LogP contribution in [0.2, 0.25) is 0 Å². The molecular formula is C15H15N7S. The first-order valence-electron chi connectivity index (χ1n) is 7.38. The molecule has 0 aromatic carbocycles. The molecule has 3 aromatic rings. The number of H-pyrrole nitrogens is 1. The molecule has 23 heavy (non-hydrogen) atoms. The number of anilines is 2. The summed E-state index contributed by atoms with van der Waals surface area (Å²) in [4.78, 5) is 21.3. The fourth-order valence-electron chi connectivity index (χ4n) is 3.00. The van der Waals surface area contributed by atoms with Crippen LogP contribution in [0.25, 0.3) is 11.0 Å². The molecule has 0 aliphatic carbocycles. The van der Waals surface area contributed by atoms with Crippen molar-refractivity contribution < 1.29 is 0 Å². The molecule has 0 spiro atoms. The summed E-state index contributed by atoms with van der Waals surface area (Å²) in [7, 11) is 2.04. The Hall–Kier alpha value is -2.66. The number of thiazole rings is 1. The molecular weight excluding hydrogens is 310 g/mol. The molecule has 4 rings (SSSR count). The summed E-state index contributed by atoms with van der Waals surface area (Å²) in [6, 6.07) is 4.52. The van der Waals surface area contributed by atoms with Gasteiger partial charge in [0.15, 0.2) is 5.13 Å². The van der Waals surface area contributed by atoms with Gasteiger partial charge in [0.25, 0.3) is 0 Å². The summed E-state index contributed by atoms with van der Waals surface area (Å²) in [5.74, 6) is 0.976. The van der Waals surface area contributed by atoms with Gasteiger partial charge in [-0.2, -0.15) is 5.26 Å². The molecule has 0 saturated carbocycles. The minimum Gasteiger partial charge on any atom is -0.354 e. The molecule has 1 atom stereocenters. The van der Waals surface area contributed by atoms with Crippen molar-refractivity contribution in [2.24, 2.45) is 0 Å². The molecule has 0 radical (unpaired) electrons. The summed E-state index contributed by atoms with van der Waals surface area (Å²) in [6.45, 7) is 1.83. The first-order valence-corrected chi connectivity index (χ1v) is 8.19. The smallest absolute Gasteiger partial charge is 0.186 e. The number of rotatable bonds is 3. The van der Waals surface area contributed by atoms with Crippen molar-refractivity contribution in [2.45, 2.75) is 12.5 Å². The van der Waals surface area contributed by atoms with Gasteiger partial charge >= 0.3 is 0 Å². The van der Waals surface area contributed by atoms with Crippen LogP contribution in [-0.2, 0) is 0 Å². The van der Waals surface area contributed by atoms with E-state index in [1.807, 2.05) is 19.3 Å². The number of aromatic amines is 1. The van der Waals surface area contributed by atoms with Gasteiger partial charge in [-0.1, -0.05) is 11.3 Å². The largest absolute Gasteiger partial charge is 0.354 e. The Balaban J connectivity index is 1.55. The number of nitrogens with one attached hydrogen (secondary N) is 1. The maximum absolute atomic E-state index is 8.95. The molecule has 0 unspecified atom stereocenters. The Kier molecular flexibility index (Phi) is 3.35. The van der Waals surface area contributed by atoms with Crippen LogP contribution in [0.1, 0.15) is 11.3 Å². The number of nitrogens with zero attached hydrogens (tertiary/aromatic N) is 6. The van der Waals surface area contributed by atoms with E-state index in [2.05, 4.69) is 35.8 Å². The molecule has 116 valence electrons. The molecule has 1 aliphatic rings. The SMILES string of the molecule is CN(c1ncc(C#N)s1)[C@@H]1CCN(c2ncnc3[nH]ccc23)C1. The lowest BCUT2D eigenvalue weighted by Crippen LogP contribution is -2.34. The lowest BCUT2D eigenvalue weighted by molar-refractivity contribution is 0.690. The summed E-state index contributed by atoms with van der Waals surface area (Å²) < 4.78 is 0. The molecule has 1 saturated heterocycles. The standard InChI is InChI=1S/C15H15N7S/c1-21(15-18-7-11(6-16)23-15)10-3-5-22(8-10)14-12-2-4-17-13(12)19-9-20-14/h2,4,7,9-10H,3,5,8H2,1H3,(H,17,19,20)/t10-/m1/s1.